The number of carbonyl (C=O) groups is 1. The van der Waals surface area contributed by atoms with Gasteiger partial charge in [-0.05, 0) is 49.4 Å². The third-order valence-electron chi connectivity index (χ3n) is 4.20. The first-order valence-corrected chi connectivity index (χ1v) is 11.0. The Morgan fingerprint density at radius 2 is 1.93 bits per heavy atom. The van der Waals surface area contributed by atoms with Crippen LogP contribution in [0.5, 0.6) is 5.75 Å². The number of thioether (sulfide) groups is 1. The van der Waals surface area contributed by atoms with E-state index in [0.717, 1.165) is 4.90 Å². The first-order valence-electron chi connectivity index (χ1n) is 8.63. The Labute approximate surface area is 164 Å². The zero-order valence-electron chi connectivity index (χ0n) is 15.4. The number of carbonyl (C=O) groups excluding carboxylic acids is 1. The van der Waals surface area contributed by atoms with E-state index < -0.39 is 10.0 Å². The fourth-order valence-corrected chi connectivity index (χ4v) is 5.08. The molecule has 0 bridgehead atoms. The van der Waals surface area contributed by atoms with Crippen molar-refractivity contribution in [3.8, 4) is 5.75 Å². The average Bonchev–Trinajstić information content (AvgIpc) is 2.77. The number of nitrogens with one attached hydrogen (secondary N) is 1. The molecule has 0 fully saturated rings. The van der Waals surface area contributed by atoms with E-state index in [0.29, 0.717) is 30.2 Å². The number of sulfonamides is 1. The number of anilines is 2. The highest BCUT2D eigenvalue weighted by molar-refractivity contribution is 8.00. The molecule has 8 heteroatoms. The van der Waals surface area contributed by atoms with Crippen molar-refractivity contribution >= 4 is 39.1 Å². The van der Waals surface area contributed by atoms with Crippen molar-refractivity contribution in [1.82, 2.24) is 0 Å². The van der Waals surface area contributed by atoms with E-state index in [1.165, 1.54) is 17.4 Å². The molecule has 0 aliphatic carbocycles. The molecule has 144 valence electrons. The Morgan fingerprint density at radius 1 is 1.22 bits per heavy atom. The van der Waals surface area contributed by atoms with Crippen molar-refractivity contribution in [2.45, 2.75) is 35.3 Å². The number of benzene rings is 2. The molecule has 0 radical (unpaired) electrons. The minimum Gasteiger partial charge on any atom is -0.494 e. The van der Waals surface area contributed by atoms with E-state index >= 15 is 0 Å². The molecule has 1 aliphatic rings. The number of hydrogen-bond acceptors (Lipinski definition) is 5. The average molecular weight is 407 g/mol. The third kappa shape index (κ3) is 4.22. The quantitative estimate of drug-likeness (QED) is 0.819. The summed E-state index contributed by atoms with van der Waals surface area (Å²) in [6.07, 6.45) is 0.396. The van der Waals surface area contributed by atoms with Crippen LogP contribution in [0.1, 0.15) is 20.3 Å². The predicted octanol–water partition coefficient (Wildman–Crippen LogP) is 3.73. The molecule has 0 unspecified atom stereocenters. The summed E-state index contributed by atoms with van der Waals surface area (Å²) in [5.41, 5.74) is 1.07. The van der Waals surface area contributed by atoms with Gasteiger partial charge in [-0.3, -0.25) is 9.10 Å². The van der Waals surface area contributed by atoms with Gasteiger partial charge in [-0.1, -0.05) is 6.92 Å². The highest BCUT2D eigenvalue weighted by Gasteiger charge is 2.25. The zero-order chi connectivity index (χ0) is 19.6. The van der Waals surface area contributed by atoms with Gasteiger partial charge in [0.05, 0.1) is 22.9 Å². The normalized spacial score (nSPS) is 16.9. The van der Waals surface area contributed by atoms with E-state index in [1.807, 2.05) is 13.8 Å². The summed E-state index contributed by atoms with van der Waals surface area (Å²) in [6.45, 7) is 4.41. The second-order valence-electron chi connectivity index (χ2n) is 6.24. The molecule has 2 aromatic carbocycles. The van der Waals surface area contributed by atoms with Crippen LogP contribution in [0, 0.1) is 0 Å². The number of hydrogen-bond donors (Lipinski definition) is 1. The first kappa shape index (κ1) is 19.6. The molecule has 0 saturated heterocycles. The Balaban J connectivity index is 1.91. The maximum absolute atomic E-state index is 13.0. The van der Waals surface area contributed by atoms with Gasteiger partial charge in [0, 0.05) is 23.6 Å². The third-order valence-corrected chi connectivity index (χ3v) is 7.16. The van der Waals surface area contributed by atoms with Crippen LogP contribution in [0.2, 0.25) is 0 Å². The second-order valence-corrected chi connectivity index (χ2v) is 9.69. The molecular weight excluding hydrogens is 384 g/mol. The lowest BCUT2D eigenvalue weighted by Crippen LogP contribution is -2.26. The van der Waals surface area contributed by atoms with E-state index in [4.69, 9.17) is 4.74 Å². The smallest absolute Gasteiger partial charge is 0.264 e. The van der Waals surface area contributed by atoms with E-state index in [2.05, 4.69) is 5.32 Å². The molecule has 1 amide bonds. The summed E-state index contributed by atoms with van der Waals surface area (Å²) < 4.78 is 32.7. The zero-order valence-corrected chi connectivity index (χ0v) is 17.1. The van der Waals surface area contributed by atoms with Gasteiger partial charge in [0.2, 0.25) is 5.91 Å². The van der Waals surface area contributed by atoms with Crippen LogP contribution in [0.3, 0.4) is 0 Å². The minimum atomic E-state index is -3.76. The summed E-state index contributed by atoms with van der Waals surface area (Å²) in [6, 6.07) is 11.7. The van der Waals surface area contributed by atoms with Crippen molar-refractivity contribution in [3.63, 3.8) is 0 Å². The van der Waals surface area contributed by atoms with E-state index in [1.54, 1.807) is 48.2 Å². The largest absolute Gasteiger partial charge is 0.494 e. The van der Waals surface area contributed by atoms with Gasteiger partial charge in [-0.25, -0.2) is 8.42 Å². The van der Waals surface area contributed by atoms with Crippen molar-refractivity contribution in [3.05, 3.63) is 42.5 Å². The van der Waals surface area contributed by atoms with Crippen LogP contribution in [0.4, 0.5) is 11.4 Å². The van der Waals surface area contributed by atoms with Crippen molar-refractivity contribution < 1.29 is 17.9 Å². The summed E-state index contributed by atoms with van der Waals surface area (Å²) in [5.74, 6) is 0.578. The molecule has 27 heavy (non-hydrogen) atoms. The van der Waals surface area contributed by atoms with Crippen molar-refractivity contribution in [2.24, 2.45) is 0 Å². The topological polar surface area (TPSA) is 75.7 Å². The summed E-state index contributed by atoms with van der Waals surface area (Å²) in [5, 5.41) is 2.95. The van der Waals surface area contributed by atoms with Crippen LogP contribution in [0.15, 0.2) is 52.3 Å². The second kappa shape index (κ2) is 7.82. The van der Waals surface area contributed by atoms with Crippen LogP contribution < -0.4 is 14.4 Å². The van der Waals surface area contributed by atoms with Gasteiger partial charge in [0.1, 0.15) is 5.75 Å². The van der Waals surface area contributed by atoms with Crippen LogP contribution in [-0.4, -0.2) is 33.2 Å². The Hall–Kier alpha value is -2.19. The minimum absolute atomic E-state index is 0.108. The molecule has 1 N–H and O–H groups in total. The maximum Gasteiger partial charge on any atom is 0.264 e. The van der Waals surface area contributed by atoms with Crippen molar-refractivity contribution in [1.29, 1.82) is 0 Å². The van der Waals surface area contributed by atoms with Gasteiger partial charge < -0.3 is 10.1 Å². The monoisotopic (exact) mass is 406 g/mol. The van der Waals surface area contributed by atoms with Gasteiger partial charge in [0.15, 0.2) is 0 Å². The number of rotatable bonds is 5. The van der Waals surface area contributed by atoms with Crippen LogP contribution >= 0.6 is 11.8 Å². The summed E-state index contributed by atoms with van der Waals surface area (Å²) in [7, 11) is -2.26. The van der Waals surface area contributed by atoms with E-state index in [-0.39, 0.29) is 16.1 Å². The molecule has 3 rings (SSSR count). The first-order chi connectivity index (χ1) is 12.8. The lowest BCUT2D eigenvalue weighted by atomic mass is 10.3. The van der Waals surface area contributed by atoms with E-state index in [9.17, 15) is 13.2 Å². The fraction of sp³-hybridized carbons (Fsp3) is 0.316. The lowest BCUT2D eigenvalue weighted by molar-refractivity contribution is -0.116. The number of ether oxygens (including phenoxy) is 1. The molecular formula is C19H22N2O4S2. The number of amides is 1. The van der Waals surface area contributed by atoms with Crippen LogP contribution in [0.25, 0.3) is 0 Å². The molecule has 1 aliphatic heterocycles. The Morgan fingerprint density at radius 3 is 2.59 bits per heavy atom. The van der Waals surface area contributed by atoms with Crippen molar-refractivity contribution in [2.75, 3.05) is 23.3 Å². The lowest BCUT2D eigenvalue weighted by Gasteiger charge is -2.20. The standard InChI is InChI=1S/C19H22N2O4S2/c1-4-25-15-7-5-14(6-8-15)21(3)27(23,24)16-9-10-18-17(12-16)20-19(22)11-13(2)26-18/h5-10,12-13H,4,11H2,1-3H3,(H,20,22)/t13-/m1/s1. The number of nitrogens with zero attached hydrogens (tertiary/aromatic N) is 1. The molecule has 2 aromatic rings. The maximum atomic E-state index is 13.0. The fourth-order valence-electron chi connectivity index (χ4n) is 2.81. The summed E-state index contributed by atoms with van der Waals surface area (Å²) >= 11 is 1.56. The number of fused-ring (bicyclic) bond motifs is 1. The van der Waals surface area contributed by atoms with Gasteiger partial charge in [0.25, 0.3) is 10.0 Å². The van der Waals surface area contributed by atoms with Gasteiger partial charge >= 0.3 is 0 Å². The van der Waals surface area contributed by atoms with Crippen LogP contribution in [-0.2, 0) is 14.8 Å². The molecule has 0 saturated carbocycles. The molecule has 0 spiro atoms. The SMILES string of the molecule is CCOc1ccc(N(C)S(=O)(=O)c2ccc3c(c2)NC(=O)C[C@@H](C)S3)cc1. The molecule has 1 heterocycles. The molecule has 6 nitrogen and oxygen atoms in total. The predicted molar refractivity (Wildman–Crippen MR) is 108 cm³/mol. The highest BCUT2D eigenvalue weighted by Crippen LogP contribution is 2.37. The molecule has 1 atom stereocenters. The highest BCUT2D eigenvalue weighted by atomic mass is 32.2. The Kier molecular flexibility index (Phi) is 5.67. The van der Waals surface area contributed by atoms with Gasteiger partial charge in [-0.2, -0.15) is 0 Å². The molecule has 0 aromatic heterocycles. The Bertz CT molecular complexity index is 943. The summed E-state index contributed by atoms with van der Waals surface area (Å²) in [4.78, 5) is 13.0. The van der Waals surface area contributed by atoms with Gasteiger partial charge in [-0.15, -0.1) is 11.8 Å².